The summed E-state index contributed by atoms with van der Waals surface area (Å²) >= 11 is 0. The van der Waals surface area contributed by atoms with Crippen LogP contribution < -0.4 is 0 Å². The Morgan fingerprint density at radius 2 is 1.83 bits per heavy atom. The number of allylic oxidation sites excluding steroid dienone is 7. The van der Waals surface area contributed by atoms with Crippen LogP contribution >= 0.6 is 0 Å². The van der Waals surface area contributed by atoms with Crippen LogP contribution in [0.15, 0.2) is 70.5 Å². The average molecular weight is 240 g/mol. The fraction of sp³-hybridized carbons (Fsp3) is 0.250. The number of nitrogens with zero attached hydrogens (tertiary/aromatic N) is 2. The van der Waals surface area contributed by atoms with Gasteiger partial charge in [0.05, 0.1) is 5.70 Å². The minimum absolute atomic E-state index is 0.727. The molecule has 0 unspecified atom stereocenters. The molecule has 1 rings (SSSR count). The van der Waals surface area contributed by atoms with E-state index in [2.05, 4.69) is 29.2 Å². The lowest BCUT2D eigenvalue weighted by atomic mass is 10.2. The van der Waals surface area contributed by atoms with Crippen LogP contribution in [0.1, 0.15) is 26.7 Å². The van der Waals surface area contributed by atoms with E-state index in [1.54, 1.807) is 0 Å². The van der Waals surface area contributed by atoms with Gasteiger partial charge in [0.1, 0.15) is 0 Å². The number of rotatable bonds is 0. The molecule has 2 nitrogen and oxygen atoms in total. The maximum Gasteiger partial charge on any atom is 0.0561 e. The highest BCUT2D eigenvalue weighted by Crippen LogP contribution is 2.07. The molecule has 0 aliphatic carbocycles. The minimum atomic E-state index is 0.727. The maximum atomic E-state index is 4.37. The minimum Gasteiger partial charge on any atom is -0.266 e. The van der Waals surface area contributed by atoms with Gasteiger partial charge in [-0.1, -0.05) is 25.3 Å². The second-order valence-corrected chi connectivity index (χ2v) is 4.23. The molecule has 0 N–H and O–H groups in total. The van der Waals surface area contributed by atoms with Crippen LogP contribution in [-0.4, -0.2) is 11.9 Å². The lowest BCUT2D eigenvalue weighted by Gasteiger charge is -1.97. The van der Waals surface area contributed by atoms with Crippen molar-refractivity contribution in [1.29, 1.82) is 0 Å². The normalized spacial score (nSPS) is 29.4. The largest absolute Gasteiger partial charge is 0.266 e. The van der Waals surface area contributed by atoms with Gasteiger partial charge in [-0.3, -0.25) is 9.98 Å². The molecule has 2 heteroatoms. The molecule has 1 heterocycles. The SMILES string of the molecule is C=C1/C=C\C(=C)/N=C(C)\C=C/CC/C=N\C(C)=C/1. The Kier molecular flexibility index (Phi) is 5.78. The van der Waals surface area contributed by atoms with E-state index in [9.17, 15) is 0 Å². The first kappa shape index (κ1) is 14.1. The first-order valence-corrected chi connectivity index (χ1v) is 6.06. The molecule has 0 bridgehead atoms. The second-order valence-electron chi connectivity index (χ2n) is 4.23. The zero-order chi connectivity index (χ0) is 13.4. The number of hydrogen-bond acceptors (Lipinski definition) is 2. The third kappa shape index (κ3) is 5.94. The summed E-state index contributed by atoms with van der Waals surface area (Å²) in [4.78, 5) is 8.73. The van der Waals surface area contributed by atoms with Gasteiger partial charge < -0.3 is 0 Å². The van der Waals surface area contributed by atoms with Crippen molar-refractivity contribution in [3.63, 3.8) is 0 Å². The van der Waals surface area contributed by atoms with Gasteiger partial charge in [0.2, 0.25) is 0 Å². The molecule has 0 fully saturated rings. The first-order chi connectivity index (χ1) is 8.58. The van der Waals surface area contributed by atoms with Crippen LogP contribution in [0.3, 0.4) is 0 Å². The smallest absolute Gasteiger partial charge is 0.0561 e. The molecular weight excluding hydrogens is 220 g/mol. The Balaban J connectivity index is 2.94. The summed E-state index contributed by atoms with van der Waals surface area (Å²) in [6, 6.07) is 0. The van der Waals surface area contributed by atoms with Gasteiger partial charge in [-0.25, -0.2) is 0 Å². The van der Waals surface area contributed by atoms with Crippen LogP contribution in [0.5, 0.6) is 0 Å². The van der Waals surface area contributed by atoms with Crippen LogP contribution in [0, 0.1) is 0 Å². The Morgan fingerprint density at radius 3 is 2.61 bits per heavy atom. The predicted octanol–water partition coefficient (Wildman–Crippen LogP) is 4.40. The van der Waals surface area contributed by atoms with E-state index >= 15 is 0 Å². The molecule has 0 atom stereocenters. The lowest BCUT2D eigenvalue weighted by molar-refractivity contribution is 1.11. The Hall–Kier alpha value is -1.96. The first-order valence-electron chi connectivity index (χ1n) is 6.06. The summed E-state index contributed by atoms with van der Waals surface area (Å²) in [5.74, 6) is 0. The summed E-state index contributed by atoms with van der Waals surface area (Å²) in [5.41, 5.74) is 3.53. The molecule has 0 saturated carbocycles. The average Bonchev–Trinajstić information content (AvgIpc) is 2.30. The van der Waals surface area contributed by atoms with E-state index in [1.165, 1.54) is 0 Å². The van der Waals surface area contributed by atoms with Crippen molar-refractivity contribution in [2.24, 2.45) is 9.98 Å². The molecule has 1 aliphatic rings. The van der Waals surface area contributed by atoms with Gasteiger partial charge in [0, 0.05) is 17.6 Å². The zero-order valence-electron chi connectivity index (χ0n) is 11.2. The van der Waals surface area contributed by atoms with Crippen LogP contribution in [0.25, 0.3) is 0 Å². The Bertz CT molecular complexity index is 427. The van der Waals surface area contributed by atoms with Crippen molar-refractivity contribution in [1.82, 2.24) is 0 Å². The highest BCUT2D eigenvalue weighted by molar-refractivity contribution is 5.93. The van der Waals surface area contributed by atoms with Crippen molar-refractivity contribution < 1.29 is 0 Å². The van der Waals surface area contributed by atoms with E-state index < -0.39 is 0 Å². The second kappa shape index (κ2) is 7.38. The summed E-state index contributed by atoms with van der Waals surface area (Å²) in [6.45, 7) is 11.8. The van der Waals surface area contributed by atoms with Gasteiger partial charge in [-0.05, 0) is 50.5 Å². The molecule has 0 amide bonds. The van der Waals surface area contributed by atoms with E-state index in [1.807, 2.05) is 44.4 Å². The summed E-state index contributed by atoms with van der Waals surface area (Å²) < 4.78 is 0. The topological polar surface area (TPSA) is 24.7 Å². The van der Waals surface area contributed by atoms with Gasteiger partial charge in [-0.15, -0.1) is 0 Å². The zero-order valence-corrected chi connectivity index (χ0v) is 11.2. The van der Waals surface area contributed by atoms with Crippen LogP contribution in [0.2, 0.25) is 0 Å². The molecule has 0 saturated heterocycles. The third-order valence-electron chi connectivity index (χ3n) is 2.32. The molecule has 0 spiro atoms. The molecule has 0 aromatic heterocycles. The van der Waals surface area contributed by atoms with E-state index in [0.717, 1.165) is 35.5 Å². The quantitative estimate of drug-likeness (QED) is 0.599. The van der Waals surface area contributed by atoms with E-state index in [4.69, 9.17) is 0 Å². The number of aliphatic imine (C=N–C) groups is 2. The van der Waals surface area contributed by atoms with Crippen molar-refractivity contribution in [3.05, 3.63) is 60.5 Å². The molecule has 0 radical (unpaired) electrons. The van der Waals surface area contributed by atoms with Crippen LogP contribution in [0.4, 0.5) is 0 Å². The molecule has 0 aromatic carbocycles. The molecular formula is C16H20N2. The number of hydrogen-bond donors (Lipinski definition) is 0. The molecule has 94 valence electrons. The maximum absolute atomic E-state index is 4.37. The van der Waals surface area contributed by atoms with Gasteiger partial charge in [0.25, 0.3) is 0 Å². The lowest BCUT2D eigenvalue weighted by Crippen LogP contribution is -1.86. The van der Waals surface area contributed by atoms with Crippen molar-refractivity contribution in [2.45, 2.75) is 26.7 Å². The van der Waals surface area contributed by atoms with E-state index in [0.29, 0.717) is 0 Å². The standard InChI is InChI=1S/C16H20N2/c1-13-9-10-15(3)18-14(2)8-6-5-7-11-17-16(4)12-13/h6,8-12H,1,3,5,7H2,2,4H3/b8-6-,10-9-,16-12-,17-11-,18-14-. The summed E-state index contributed by atoms with van der Waals surface area (Å²) in [6.07, 6.45) is 13.6. The van der Waals surface area contributed by atoms with Gasteiger partial charge >= 0.3 is 0 Å². The van der Waals surface area contributed by atoms with E-state index in [-0.39, 0.29) is 0 Å². The monoisotopic (exact) mass is 240 g/mol. The third-order valence-corrected chi connectivity index (χ3v) is 2.32. The molecule has 1 aliphatic heterocycles. The predicted molar refractivity (Wildman–Crippen MR) is 81.2 cm³/mol. The fourth-order valence-electron chi connectivity index (χ4n) is 1.49. The Morgan fingerprint density at radius 1 is 1.06 bits per heavy atom. The molecule has 18 heavy (non-hydrogen) atoms. The van der Waals surface area contributed by atoms with Crippen molar-refractivity contribution in [3.8, 4) is 0 Å². The van der Waals surface area contributed by atoms with Gasteiger partial charge in [0.15, 0.2) is 0 Å². The van der Waals surface area contributed by atoms with Crippen molar-refractivity contribution in [2.75, 3.05) is 0 Å². The highest BCUT2D eigenvalue weighted by Gasteiger charge is 1.90. The highest BCUT2D eigenvalue weighted by atomic mass is 14.7. The summed E-state index contributed by atoms with van der Waals surface area (Å²) in [7, 11) is 0. The molecule has 0 aromatic rings. The summed E-state index contributed by atoms with van der Waals surface area (Å²) in [5, 5.41) is 0. The van der Waals surface area contributed by atoms with Crippen molar-refractivity contribution >= 4 is 11.9 Å². The van der Waals surface area contributed by atoms with Crippen LogP contribution in [-0.2, 0) is 0 Å². The fourth-order valence-corrected chi connectivity index (χ4v) is 1.49. The Labute approximate surface area is 110 Å². The van der Waals surface area contributed by atoms with Gasteiger partial charge in [-0.2, -0.15) is 0 Å².